The third-order valence-electron chi connectivity index (χ3n) is 13.3. The normalized spacial score (nSPS) is 12.7. The molecule has 0 radical (unpaired) electrons. The summed E-state index contributed by atoms with van der Waals surface area (Å²) < 4.78 is 0. The fourth-order valence-electron chi connectivity index (χ4n) is 10.4. The summed E-state index contributed by atoms with van der Waals surface area (Å²) in [6.07, 6.45) is 0. The molecule has 63 heavy (non-hydrogen) atoms. The van der Waals surface area contributed by atoms with E-state index in [0.29, 0.717) is 5.82 Å². The average Bonchev–Trinajstić information content (AvgIpc) is 3.59. The second kappa shape index (κ2) is 14.6. The molecule has 1 aliphatic carbocycles. The Morgan fingerprint density at radius 1 is 0.317 bits per heavy atom. The molecule has 0 saturated heterocycles. The minimum Gasteiger partial charge on any atom is -0.228 e. The first kappa shape index (κ1) is 36.9. The standard InChI is InChI=1S/C61H42N2/c1-61(2)55-30-15-14-25-48(55)53-29-16-28-52(59(53)61)47-24-11-13-27-50(47)57-38-56(49-26-12-10-21-44(49)39-17-4-3-5-18-39)62-60(63-57)42-33-31-41(32-34-42)58-46-23-9-7-20-43(46)37-54-45-22-8-6-19-40(45)35-36-51(54)58/h3-38H,1-2H3. The van der Waals surface area contributed by atoms with Gasteiger partial charge < -0.3 is 0 Å². The Hall–Kier alpha value is -7.94. The van der Waals surface area contributed by atoms with Gasteiger partial charge in [0.1, 0.15) is 0 Å². The van der Waals surface area contributed by atoms with E-state index in [-0.39, 0.29) is 5.41 Å². The Morgan fingerprint density at radius 2 is 0.857 bits per heavy atom. The second-order valence-electron chi connectivity index (χ2n) is 17.2. The molecule has 0 aliphatic heterocycles. The van der Waals surface area contributed by atoms with Crippen LogP contribution >= 0.6 is 0 Å². The molecule has 1 aromatic heterocycles. The fourth-order valence-corrected chi connectivity index (χ4v) is 10.4. The topological polar surface area (TPSA) is 25.8 Å². The van der Waals surface area contributed by atoms with Crippen molar-refractivity contribution in [1.82, 2.24) is 9.97 Å². The molecule has 2 heteroatoms. The lowest BCUT2D eigenvalue weighted by molar-refractivity contribution is 0.662. The number of hydrogen-bond acceptors (Lipinski definition) is 2. The van der Waals surface area contributed by atoms with Crippen LogP contribution in [-0.2, 0) is 5.41 Å². The first-order chi connectivity index (χ1) is 31.0. The highest BCUT2D eigenvalue weighted by Crippen LogP contribution is 2.53. The molecule has 0 spiro atoms. The van der Waals surface area contributed by atoms with Gasteiger partial charge in [0.15, 0.2) is 5.82 Å². The van der Waals surface area contributed by atoms with Crippen LogP contribution in [0.5, 0.6) is 0 Å². The van der Waals surface area contributed by atoms with Crippen LogP contribution in [0.3, 0.4) is 0 Å². The van der Waals surface area contributed by atoms with Gasteiger partial charge in [0.2, 0.25) is 0 Å². The van der Waals surface area contributed by atoms with Crippen LogP contribution in [0, 0.1) is 0 Å². The van der Waals surface area contributed by atoms with E-state index in [4.69, 9.17) is 9.97 Å². The maximum atomic E-state index is 5.48. The largest absolute Gasteiger partial charge is 0.228 e. The van der Waals surface area contributed by atoms with Crippen molar-refractivity contribution in [2.75, 3.05) is 0 Å². The number of aromatic nitrogens is 2. The molecule has 0 saturated carbocycles. The van der Waals surface area contributed by atoms with Crippen molar-refractivity contribution in [3.8, 4) is 78.4 Å². The maximum Gasteiger partial charge on any atom is 0.160 e. The van der Waals surface area contributed by atoms with E-state index in [1.165, 1.54) is 65.7 Å². The molecular weight excluding hydrogens is 761 g/mol. The summed E-state index contributed by atoms with van der Waals surface area (Å²) in [5.74, 6) is 0.687. The van der Waals surface area contributed by atoms with Crippen molar-refractivity contribution in [3.05, 3.63) is 230 Å². The molecule has 0 bridgehead atoms. The van der Waals surface area contributed by atoms with Crippen molar-refractivity contribution >= 4 is 32.3 Å². The quantitative estimate of drug-likeness (QED) is 0.124. The van der Waals surface area contributed by atoms with Crippen LogP contribution < -0.4 is 0 Å². The van der Waals surface area contributed by atoms with E-state index in [1.54, 1.807) is 0 Å². The Balaban J connectivity index is 1.05. The summed E-state index contributed by atoms with van der Waals surface area (Å²) >= 11 is 0. The van der Waals surface area contributed by atoms with Gasteiger partial charge in [-0.25, -0.2) is 9.97 Å². The summed E-state index contributed by atoms with van der Waals surface area (Å²) in [5.41, 5.74) is 17.1. The highest BCUT2D eigenvalue weighted by molar-refractivity contribution is 6.20. The predicted octanol–water partition coefficient (Wildman–Crippen LogP) is 16.2. The Kier molecular flexibility index (Phi) is 8.55. The van der Waals surface area contributed by atoms with E-state index < -0.39 is 0 Å². The van der Waals surface area contributed by atoms with Gasteiger partial charge >= 0.3 is 0 Å². The van der Waals surface area contributed by atoms with E-state index >= 15 is 0 Å². The fraction of sp³-hybridized carbons (Fsp3) is 0.0492. The summed E-state index contributed by atoms with van der Waals surface area (Å²) in [7, 11) is 0. The van der Waals surface area contributed by atoms with Crippen LogP contribution in [0.15, 0.2) is 218 Å². The molecule has 0 atom stereocenters. The molecule has 10 aromatic carbocycles. The van der Waals surface area contributed by atoms with Crippen LogP contribution in [0.1, 0.15) is 25.0 Å². The minimum atomic E-state index is -0.170. The van der Waals surface area contributed by atoms with Crippen molar-refractivity contribution in [2.45, 2.75) is 19.3 Å². The van der Waals surface area contributed by atoms with Crippen LogP contribution in [0.4, 0.5) is 0 Å². The van der Waals surface area contributed by atoms with Crippen LogP contribution in [-0.4, -0.2) is 9.97 Å². The molecule has 1 aliphatic rings. The SMILES string of the molecule is CC1(C)c2ccccc2-c2cccc(-c3ccccc3-c3cc(-c4ccccc4-c4ccccc4)nc(-c4ccc(-c5c6ccccc6cc6c5ccc5ccccc56)cc4)n3)c21. The maximum absolute atomic E-state index is 5.48. The Labute approximate surface area is 367 Å². The third-order valence-corrected chi connectivity index (χ3v) is 13.3. The Morgan fingerprint density at radius 3 is 1.60 bits per heavy atom. The summed E-state index contributed by atoms with van der Waals surface area (Å²) in [5, 5.41) is 7.48. The first-order valence-electron chi connectivity index (χ1n) is 21.8. The van der Waals surface area contributed by atoms with Gasteiger partial charge in [-0.05, 0) is 100 Å². The third kappa shape index (κ3) is 6.02. The molecule has 11 aromatic rings. The van der Waals surface area contributed by atoms with E-state index in [9.17, 15) is 0 Å². The van der Waals surface area contributed by atoms with Crippen molar-refractivity contribution in [1.29, 1.82) is 0 Å². The van der Waals surface area contributed by atoms with Crippen LogP contribution in [0.2, 0.25) is 0 Å². The molecule has 296 valence electrons. The Bertz CT molecular complexity index is 3580. The molecule has 1 heterocycles. The summed E-state index contributed by atoms with van der Waals surface area (Å²) in [6, 6.07) is 79.0. The van der Waals surface area contributed by atoms with Gasteiger partial charge in [-0.2, -0.15) is 0 Å². The van der Waals surface area contributed by atoms with Gasteiger partial charge in [-0.3, -0.25) is 0 Å². The highest BCUT2D eigenvalue weighted by atomic mass is 14.9. The van der Waals surface area contributed by atoms with E-state index in [2.05, 4.69) is 232 Å². The summed E-state index contributed by atoms with van der Waals surface area (Å²) in [4.78, 5) is 10.9. The lowest BCUT2D eigenvalue weighted by Crippen LogP contribution is -2.16. The molecule has 0 N–H and O–H groups in total. The zero-order valence-corrected chi connectivity index (χ0v) is 35.2. The van der Waals surface area contributed by atoms with Gasteiger partial charge in [-0.15, -0.1) is 0 Å². The van der Waals surface area contributed by atoms with E-state index in [1.807, 2.05) is 0 Å². The second-order valence-corrected chi connectivity index (χ2v) is 17.2. The number of nitrogens with zero attached hydrogens (tertiary/aromatic N) is 2. The average molecular weight is 803 g/mol. The zero-order chi connectivity index (χ0) is 42.1. The van der Waals surface area contributed by atoms with Crippen molar-refractivity contribution in [2.24, 2.45) is 0 Å². The molecule has 0 unspecified atom stereocenters. The monoisotopic (exact) mass is 802 g/mol. The molecule has 0 amide bonds. The minimum absolute atomic E-state index is 0.170. The smallest absolute Gasteiger partial charge is 0.160 e. The first-order valence-corrected chi connectivity index (χ1v) is 21.8. The van der Waals surface area contributed by atoms with Crippen molar-refractivity contribution < 1.29 is 0 Å². The molecular formula is C61H42N2. The summed E-state index contributed by atoms with van der Waals surface area (Å²) in [6.45, 7) is 4.72. The molecule has 0 fully saturated rings. The number of hydrogen-bond donors (Lipinski definition) is 0. The molecule has 2 nitrogen and oxygen atoms in total. The number of rotatable bonds is 6. The van der Waals surface area contributed by atoms with E-state index in [0.717, 1.165) is 50.3 Å². The van der Waals surface area contributed by atoms with Crippen LogP contribution in [0.25, 0.3) is 111 Å². The highest BCUT2D eigenvalue weighted by Gasteiger charge is 2.37. The number of benzene rings is 10. The van der Waals surface area contributed by atoms with Gasteiger partial charge in [0, 0.05) is 22.1 Å². The lowest BCUT2D eigenvalue weighted by atomic mass is 9.78. The van der Waals surface area contributed by atoms with Crippen molar-refractivity contribution in [3.63, 3.8) is 0 Å². The predicted molar refractivity (Wildman–Crippen MR) is 265 cm³/mol. The molecule has 12 rings (SSSR count). The van der Waals surface area contributed by atoms with Gasteiger partial charge in [0.05, 0.1) is 11.4 Å². The number of fused-ring (bicyclic) bond motifs is 7. The van der Waals surface area contributed by atoms with Gasteiger partial charge in [0.25, 0.3) is 0 Å². The van der Waals surface area contributed by atoms with Gasteiger partial charge in [-0.1, -0.05) is 220 Å². The zero-order valence-electron chi connectivity index (χ0n) is 35.2. The lowest BCUT2D eigenvalue weighted by Gasteiger charge is -2.25.